The molecule has 2 rings (SSSR count). The van der Waals surface area contributed by atoms with Crippen molar-refractivity contribution < 1.29 is 0 Å². The van der Waals surface area contributed by atoms with E-state index in [9.17, 15) is 0 Å². The Bertz CT molecular complexity index is 328. The fourth-order valence-corrected chi connectivity index (χ4v) is 3.18. The molecule has 1 saturated carbocycles. The molecule has 0 aliphatic heterocycles. The maximum Gasteiger partial charge on any atom is 0.0946 e. The maximum absolute atomic E-state index is 4.17. The summed E-state index contributed by atoms with van der Waals surface area (Å²) in [5.74, 6) is 1.72. The Hall–Kier alpha value is -0.790. The van der Waals surface area contributed by atoms with Crippen LogP contribution in [0.1, 0.15) is 59.3 Å². The lowest BCUT2D eigenvalue weighted by atomic mass is 9.73. The zero-order valence-corrected chi connectivity index (χ0v) is 12.2. The predicted molar refractivity (Wildman–Crippen MR) is 76.4 cm³/mol. The third-order valence-electron chi connectivity index (χ3n) is 4.56. The Labute approximate surface area is 112 Å². The van der Waals surface area contributed by atoms with Gasteiger partial charge in [0, 0.05) is 18.9 Å². The average molecular weight is 248 g/mol. The van der Waals surface area contributed by atoms with Gasteiger partial charge >= 0.3 is 0 Å². The van der Waals surface area contributed by atoms with Gasteiger partial charge in [-0.15, -0.1) is 0 Å². The molecule has 1 fully saturated rings. The van der Waals surface area contributed by atoms with Crippen LogP contribution in [0.3, 0.4) is 0 Å². The minimum absolute atomic E-state index is 0.391. The van der Waals surface area contributed by atoms with E-state index >= 15 is 0 Å². The molecule has 2 nitrogen and oxygen atoms in total. The highest BCUT2D eigenvalue weighted by atomic mass is 15.0. The highest BCUT2D eigenvalue weighted by molar-refractivity contribution is 4.82. The van der Waals surface area contributed by atoms with E-state index in [1.165, 1.54) is 38.5 Å². The third-order valence-corrected chi connectivity index (χ3v) is 4.56. The largest absolute Gasteiger partial charge is 0.337 e. The highest BCUT2D eigenvalue weighted by Crippen LogP contribution is 2.37. The molecule has 1 heterocycles. The molecule has 1 atom stereocenters. The van der Waals surface area contributed by atoms with Gasteiger partial charge in [0.25, 0.3) is 0 Å². The van der Waals surface area contributed by atoms with Gasteiger partial charge in [-0.1, -0.05) is 52.9 Å². The van der Waals surface area contributed by atoms with Crippen molar-refractivity contribution in [2.24, 2.45) is 17.3 Å². The molecular formula is C16H28N2. The van der Waals surface area contributed by atoms with E-state index in [1.54, 1.807) is 0 Å². The quantitative estimate of drug-likeness (QED) is 0.766. The summed E-state index contributed by atoms with van der Waals surface area (Å²) in [6, 6.07) is 0. The van der Waals surface area contributed by atoms with Crippen molar-refractivity contribution in [2.75, 3.05) is 0 Å². The van der Waals surface area contributed by atoms with Crippen LogP contribution >= 0.6 is 0 Å². The van der Waals surface area contributed by atoms with Crippen molar-refractivity contribution in [2.45, 2.75) is 65.8 Å². The zero-order chi connectivity index (χ0) is 13.0. The fraction of sp³-hybridized carbons (Fsp3) is 0.812. The lowest BCUT2D eigenvalue weighted by Gasteiger charge is -2.35. The lowest BCUT2D eigenvalue weighted by molar-refractivity contribution is 0.155. The summed E-state index contributed by atoms with van der Waals surface area (Å²) in [6.45, 7) is 8.28. The van der Waals surface area contributed by atoms with Crippen molar-refractivity contribution in [1.29, 1.82) is 0 Å². The Morgan fingerprint density at radius 1 is 1.22 bits per heavy atom. The van der Waals surface area contributed by atoms with Gasteiger partial charge < -0.3 is 4.57 Å². The predicted octanol–water partition coefficient (Wildman–Crippen LogP) is 4.52. The smallest absolute Gasteiger partial charge is 0.0946 e. The van der Waals surface area contributed by atoms with Gasteiger partial charge in [-0.05, 0) is 23.7 Å². The minimum Gasteiger partial charge on any atom is -0.337 e. The molecule has 1 aromatic rings. The Morgan fingerprint density at radius 2 is 1.94 bits per heavy atom. The van der Waals surface area contributed by atoms with Crippen molar-refractivity contribution in [3.63, 3.8) is 0 Å². The van der Waals surface area contributed by atoms with Gasteiger partial charge in [-0.3, -0.25) is 0 Å². The van der Waals surface area contributed by atoms with Crippen LogP contribution in [-0.4, -0.2) is 9.55 Å². The van der Waals surface area contributed by atoms with Crippen molar-refractivity contribution in [3.8, 4) is 0 Å². The summed E-state index contributed by atoms with van der Waals surface area (Å²) in [7, 11) is 0. The summed E-state index contributed by atoms with van der Waals surface area (Å²) in [5, 5.41) is 0. The SMILES string of the molecule is CC(C)(C)C(CC1CCCCC1)Cn1ccnc1. The molecule has 102 valence electrons. The summed E-state index contributed by atoms with van der Waals surface area (Å²) in [4.78, 5) is 4.17. The van der Waals surface area contributed by atoms with E-state index in [2.05, 4.69) is 36.5 Å². The van der Waals surface area contributed by atoms with Crippen LogP contribution in [-0.2, 0) is 6.54 Å². The van der Waals surface area contributed by atoms with Crippen molar-refractivity contribution >= 4 is 0 Å². The average Bonchev–Trinajstić information content (AvgIpc) is 2.81. The number of imidazole rings is 1. The number of rotatable bonds is 4. The first-order valence-corrected chi connectivity index (χ1v) is 7.51. The van der Waals surface area contributed by atoms with Gasteiger partial charge in [0.1, 0.15) is 0 Å². The summed E-state index contributed by atoms with van der Waals surface area (Å²) >= 11 is 0. The summed E-state index contributed by atoms with van der Waals surface area (Å²) in [5.41, 5.74) is 0.391. The van der Waals surface area contributed by atoms with E-state index in [0.29, 0.717) is 5.41 Å². The monoisotopic (exact) mass is 248 g/mol. The third kappa shape index (κ3) is 3.86. The van der Waals surface area contributed by atoms with Crippen LogP contribution in [0.5, 0.6) is 0 Å². The van der Waals surface area contributed by atoms with Crippen molar-refractivity contribution in [3.05, 3.63) is 18.7 Å². The van der Waals surface area contributed by atoms with Gasteiger partial charge in [-0.25, -0.2) is 4.98 Å². The van der Waals surface area contributed by atoms with E-state index in [0.717, 1.165) is 18.4 Å². The molecule has 0 saturated heterocycles. The lowest BCUT2D eigenvalue weighted by Crippen LogP contribution is -2.28. The number of nitrogens with zero attached hydrogens (tertiary/aromatic N) is 2. The van der Waals surface area contributed by atoms with Gasteiger partial charge in [0.15, 0.2) is 0 Å². The first kappa shape index (κ1) is 13.6. The molecular weight excluding hydrogens is 220 g/mol. The fourth-order valence-electron chi connectivity index (χ4n) is 3.18. The molecule has 1 aromatic heterocycles. The molecule has 0 bridgehead atoms. The molecule has 1 unspecified atom stereocenters. The van der Waals surface area contributed by atoms with Crippen LogP contribution in [0.25, 0.3) is 0 Å². The van der Waals surface area contributed by atoms with Crippen LogP contribution in [0, 0.1) is 17.3 Å². The summed E-state index contributed by atoms with van der Waals surface area (Å²) < 4.78 is 2.25. The second kappa shape index (κ2) is 5.90. The Kier molecular flexibility index (Phi) is 4.47. The molecule has 0 N–H and O–H groups in total. The normalized spacial score (nSPS) is 19.9. The first-order valence-electron chi connectivity index (χ1n) is 7.51. The molecule has 2 heteroatoms. The van der Waals surface area contributed by atoms with E-state index in [1.807, 2.05) is 12.5 Å². The van der Waals surface area contributed by atoms with Crippen molar-refractivity contribution in [1.82, 2.24) is 9.55 Å². The Morgan fingerprint density at radius 3 is 2.50 bits per heavy atom. The van der Waals surface area contributed by atoms with Gasteiger partial charge in [0.05, 0.1) is 6.33 Å². The summed E-state index contributed by atoms with van der Waals surface area (Å²) in [6.07, 6.45) is 14.6. The first-order chi connectivity index (χ1) is 8.55. The second-order valence-corrected chi connectivity index (χ2v) is 7.06. The van der Waals surface area contributed by atoms with E-state index in [-0.39, 0.29) is 0 Å². The van der Waals surface area contributed by atoms with Gasteiger partial charge in [-0.2, -0.15) is 0 Å². The number of hydrogen-bond acceptors (Lipinski definition) is 1. The molecule has 1 aliphatic rings. The van der Waals surface area contributed by atoms with Crippen LogP contribution < -0.4 is 0 Å². The molecule has 18 heavy (non-hydrogen) atoms. The second-order valence-electron chi connectivity index (χ2n) is 7.06. The molecule has 0 aromatic carbocycles. The zero-order valence-electron chi connectivity index (χ0n) is 12.2. The molecule has 0 radical (unpaired) electrons. The number of aromatic nitrogens is 2. The topological polar surface area (TPSA) is 17.8 Å². The minimum atomic E-state index is 0.391. The number of hydrogen-bond donors (Lipinski definition) is 0. The van der Waals surface area contributed by atoms with E-state index < -0.39 is 0 Å². The molecule has 0 amide bonds. The van der Waals surface area contributed by atoms with Crippen LogP contribution in [0.2, 0.25) is 0 Å². The maximum atomic E-state index is 4.17. The highest BCUT2D eigenvalue weighted by Gasteiger charge is 2.28. The Balaban J connectivity index is 1.96. The van der Waals surface area contributed by atoms with Crippen LogP contribution in [0.4, 0.5) is 0 Å². The molecule has 1 aliphatic carbocycles. The van der Waals surface area contributed by atoms with Crippen LogP contribution in [0.15, 0.2) is 18.7 Å². The molecule has 0 spiro atoms. The van der Waals surface area contributed by atoms with E-state index in [4.69, 9.17) is 0 Å². The van der Waals surface area contributed by atoms with Gasteiger partial charge in [0.2, 0.25) is 0 Å². The standard InChI is InChI=1S/C16H28N2/c1-16(2,3)15(12-18-10-9-17-13-18)11-14-7-5-4-6-8-14/h9-10,13-15H,4-8,11-12H2,1-3H3.